The third-order valence-electron chi connectivity index (χ3n) is 2.86. The second kappa shape index (κ2) is 5.84. The van der Waals surface area contributed by atoms with Crippen LogP contribution in [0.4, 0.5) is 5.13 Å². The lowest BCUT2D eigenvalue weighted by Gasteiger charge is -2.33. The van der Waals surface area contributed by atoms with Crippen LogP contribution in [0.25, 0.3) is 0 Å². The fourth-order valence-corrected chi connectivity index (χ4v) is 2.68. The smallest absolute Gasteiger partial charge is 0.185 e. The number of anilines is 1. The minimum absolute atomic E-state index is 0. The van der Waals surface area contributed by atoms with Crippen LogP contribution in [-0.4, -0.2) is 25.1 Å². The molecule has 0 spiro atoms. The normalized spacial score (nSPS) is 23.4. The van der Waals surface area contributed by atoms with E-state index in [2.05, 4.69) is 22.1 Å². The van der Waals surface area contributed by atoms with Crippen LogP contribution in [0.2, 0.25) is 0 Å². The standard InChI is InChI=1S/C11H19N3S.ClH/c1-8-4-9(5-8)12-6-10-7-13-11(15-10)14(2)3;/h7-9,12H,4-6H2,1-3H3;1H. The van der Waals surface area contributed by atoms with Crippen LogP contribution >= 0.6 is 23.7 Å². The number of thiazole rings is 1. The molecule has 0 atom stereocenters. The minimum Gasteiger partial charge on any atom is -0.354 e. The lowest BCUT2D eigenvalue weighted by Crippen LogP contribution is -2.39. The van der Waals surface area contributed by atoms with Gasteiger partial charge in [0.15, 0.2) is 5.13 Å². The van der Waals surface area contributed by atoms with Crippen molar-refractivity contribution in [2.75, 3.05) is 19.0 Å². The quantitative estimate of drug-likeness (QED) is 0.903. The number of hydrogen-bond acceptors (Lipinski definition) is 4. The van der Waals surface area contributed by atoms with E-state index < -0.39 is 0 Å². The van der Waals surface area contributed by atoms with Crippen LogP contribution in [-0.2, 0) is 6.54 Å². The van der Waals surface area contributed by atoms with Crippen LogP contribution in [0.5, 0.6) is 0 Å². The summed E-state index contributed by atoms with van der Waals surface area (Å²) in [7, 11) is 4.06. The van der Waals surface area contributed by atoms with E-state index in [0.29, 0.717) is 0 Å². The molecule has 1 fully saturated rings. The highest BCUT2D eigenvalue weighted by Crippen LogP contribution is 2.27. The monoisotopic (exact) mass is 261 g/mol. The number of halogens is 1. The first-order valence-corrected chi connectivity index (χ1v) is 6.32. The minimum atomic E-state index is 0. The molecule has 1 aromatic heterocycles. The first-order chi connectivity index (χ1) is 7.15. The highest BCUT2D eigenvalue weighted by molar-refractivity contribution is 7.15. The summed E-state index contributed by atoms with van der Waals surface area (Å²) < 4.78 is 0. The molecule has 2 rings (SSSR count). The van der Waals surface area contributed by atoms with Crippen LogP contribution in [0, 0.1) is 5.92 Å². The summed E-state index contributed by atoms with van der Waals surface area (Å²) in [4.78, 5) is 7.74. The number of nitrogens with zero attached hydrogens (tertiary/aromatic N) is 2. The van der Waals surface area contributed by atoms with Crippen molar-refractivity contribution in [1.82, 2.24) is 10.3 Å². The first-order valence-electron chi connectivity index (χ1n) is 5.50. The molecule has 16 heavy (non-hydrogen) atoms. The van der Waals surface area contributed by atoms with E-state index in [1.54, 1.807) is 11.3 Å². The fourth-order valence-electron chi connectivity index (χ4n) is 1.90. The molecule has 1 heterocycles. The maximum atomic E-state index is 4.36. The van der Waals surface area contributed by atoms with E-state index >= 15 is 0 Å². The van der Waals surface area contributed by atoms with Crippen molar-refractivity contribution in [2.45, 2.75) is 32.4 Å². The highest BCUT2D eigenvalue weighted by Gasteiger charge is 2.24. The summed E-state index contributed by atoms with van der Waals surface area (Å²) in [5.74, 6) is 0.918. The Hall–Kier alpha value is -0.320. The summed E-state index contributed by atoms with van der Waals surface area (Å²) in [5, 5.41) is 4.66. The van der Waals surface area contributed by atoms with E-state index in [0.717, 1.165) is 23.6 Å². The number of rotatable bonds is 4. The predicted octanol–water partition coefficient (Wildman–Crippen LogP) is 2.52. The Labute approximate surface area is 108 Å². The van der Waals surface area contributed by atoms with Crippen molar-refractivity contribution in [3.8, 4) is 0 Å². The Bertz CT molecular complexity index is 321. The zero-order chi connectivity index (χ0) is 10.8. The highest BCUT2D eigenvalue weighted by atomic mass is 35.5. The molecule has 5 heteroatoms. The van der Waals surface area contributed by atoms with Gasteiger partial charge in [-0.1, -0.05) is 6.92 Å². The Morgan fingerprint density at radius 1 is 1.50 bits per heavy atom. The van der Waals surface area contributed by atoms with Gasteiger partial charge in [-0.3, -0.25) is 0 Å². The van der Waals surface area contributed by atoms with Gasteiger partial charge in [0.05, 0.1) is 0 Å². The van der Waals surface area contributed by atoms with Gasteiger partial charge in [-0.15, -0.1) is 23.7 Å². The molecule has 1 N–H and O–H groups in total. The second-order valence-electron chi connectivity index (χ2n) is 4.66. The lowest BCUT2D eigenvalue weighted by atomic mass is 9.82. The molecular formula is C11H20ClN3S. The topological polar surface area (TPSA) is 28.2 Å². The first kappa shape index (κ1) is 13.7. The van der Waals surface area contributed by atoms with Gasteiger partial charge in [0.2, 0.25) is 0 Å². The van der Waals surface area contributed by atoms with Gasteiger partial charge in [-0.2, -0.15) is 0 Å². The molecule has 1 aromatic rings. The second-order valence-corrected chi connectivity index (χ2v) is 5.75. The van der Waals surface area contributed by atoms with Crippen LogP contribution in [0.1, 0.15) is 24.6 Å². The lowest BCUT2D eigenvalue weighted by molar-refractivity contribution is 0.241. The Morgan fingerprint density at radius 3 is 2.69 bits per heavy atom. The molecule has 1 aliphatic carbocycles. The molecular weight excluding hydrogens is 242 g/mol. The van der Waals surface area contributed by atoms with E-state index in [9.17, 15) is 0 Å². The maximum Gasteiger partial charge on any atom is 0.185 e. The van der Waals surface area contributed by atoms with E-state index in [1.165, 1.54) is 17.7 Å². The summed E-state index contributed by atoms with van der Waals surface area (Å²) in [6, 6.07) is 0.741. The summed E-state index contributed by atoms with van der Waals surface area (Å²) in [5.41, 5.74) is 0. The summed E-state index contributed by atoms with van der Waals surface area (Å²) in [6.45, 7) is 3.29. The maximum absolute atomic E-state index is 4.36. The molecule has 0 aliphatic heterocycles. The van der Waals surface area contributed by atoms with Crippen LogP contribution in [0.15, 0.2) is 6.20 Å². The van der Waals surface area contributed by atoms with Crippen LogP contribution < -0.4 is 10.2 Å². The Morgan fingerprint density at radius 2 is 2.19 bits per heavy atom. The Kier molecular flexibility index (Phi) is 5.02. The molecule has 0 radical (unpaired) electrons. The molecule has 92 valence electrons. The van der Waals surface area contributed by atoms with Crippen molar-refractivity contribution in [1.29, 1.82) is 0 Å². The Balaban J connectivity index is 0.00000128. The van der Waals surface area contributed by atoms with Crippen molar-refractivity contribution >= 4 is 28.9 Å². The van der Waals surface area contributed by atoms with Crippen molar-refractivity contribution in [3.05, 3.63) is 11.1 Å². The van der Waals surface area contributed by atoms with E-state index in [4.69, 9.17) is 0 Å². The average molecular weight is 262 g/mol. The number of hydrogen-bond donors (Lipinski definition) is 1. The zero-order valence-corrected chi connectivity index (χ0v) is 11.7. The van der Waals surface area contributed by atoms with Crippen LogP contribution in [0.3, 0.4) is 0 Å². The molecule has 0 unspecified atom stereocenters. The number of nitrogens with one attached hydrogen (secondary N) is 1. The van der Waals surface area contributed by atoms with Crippen molar-refractivity contribution in [3.63, 3.8) is 0 Å². The summed E-state index contributed by atoms with van der Waals surface area (Å²) >= 11 is 1.77. The van der Waals surface area contributed by atoms with Gasteiger partial charge in [0.1, 0.15) is 0 Å². The SMILES string of the molecule is CC1CC(NCc2cnc(N(C)C)s2)C1.Cl. The molecule has 0 aromatic carbocycles. The van der Waals surface area contributed by atoms with Crippen molar-refractivity contribution < 1.29 is 0 Å². The van der Waals surface area contributed by atoms with Gasteiger partial charge in [0.25, 0.3) is 0 Å². The number of aromatic nitrogens is 1. The van der Waals surface area contributed by atoms with Gasteiger partial charge in [0, 0.05) is 37.8 Å². The van der Waals surface area contributed by atoms with Gasteiger partial charge < -0.3 is 10.2 Å². The summed E-state index contributed by atoms with van der Waals surface area (Å²) in [6.07, 6.45) is 4.65. The molecule has 1 aliphatic rings. The van der Waals surface area contributed by atoms with Gasteiger partial charge in [-0.05, 0) is 18.8 Å². The molecule has 0 amide bonds. The third-order valence-corrected chi connectivity index (χ3v) is 4.03. The molecule has 1 saturated carbocycles. The molecule has 3 nitrogen and oxygen atoms in total. The van der Waals surface area contributed by atoms with E-state index in [-0.39, 0.29) is 12.4 Å². The third kappa shape index (κ3) is 3.34. The molecule has 0 saturated heterocycles. The fraction of sp³-hybridized carbons (Fsp3) is 0.727. The average Bonchev–Trinajstić information content (AvgIpc) is 2.59. The van der Waals surface area contributed by atoms with Gasteiger partial charge in [-0.25, -0.2) is 4.98 Å². The predicted molar refractivity (Wildman–Crippen MR) is 72.7 cm³/mol. The van der Waals surface area contributed by atoms with Gasteiger partial charge >= 0.3 is 0 Å². The van der Waals surface area contributed by atoms with E-state index in [1.807, 2.05) is 20.3 Å². The largest absolute Gasteiger partial charge is 0.354 e. The van der Waals surface area contributed by atoms with Crippen molar-refractivity contribution in [2.24, 2.45) is 5.92 Å². The molecule has 0 bridgehead atoms. The zero-order valence-electron chi connectivity index (χ0n) is 10.1.